The third-order valence-electron chi connectivity index (χ3n) is 1.35. The fraction of sp³-hybridized carbons (Fsp3) is 0.571. The molecular formula is C7H9F3O2. The molecule has 0 rings (SSSR count). The van der Waals surface area contributed by atoms with Gasteiger partial charge >= 0.3 is 6.18 Å². The normalized spacial score (nSPS) is 17.8. The average Bonchev–Trinajstić information content (AvgIpc) is 1.98. The molecule has 70 valence electrons. The number of alkyl halides is 3. The zero-order valence-electron chi connectivity index (χ0n) is 6.43. The molecular weight excluding hydrogens is 173 g/mol. The molecule has 1 N–H and O–H groups in total. The van der Waals surface area contributed by atoms with Crippen molar-refractivity contribution in [3.63, 3.8) is 0 Å². The van der Waals surface area contributed by atoms with Crippen molar-refractivity contribution in [2.24, 2.45) is 0 Å². The van der Waals surface area contributed by atoms with Crippen molar-refractivity contribution in [1.29, 1.82) is 0 Å². The zero-order valence-corrected chi connectivity index (χ0v) is 6.43. The van der Waals surface area contributed by atoms with Crippen LogP contribution in [0.15, 0.2) is 12.2 Å². The predicted molar refractivity (Wildman–Crippen MR) is 36.5 cm³/mol. The minimum absolute atomic E-state index is 0.493. The van der Waals surface area contributed by atoms with Gasteiger partial charge < -0.3 is 5.11 Å². The van der Waals surface area contributed by atoms with Gasteiger partial charge in [-0.1, -0.05) is 12.2 Å². The second-order valence-electron chi connectivity index (χ2n) is 2.31. The molecule has 5 heteroatoms. The van der Waals surface area contributed by atoms with Crippen LogP contribution in [0.1, 0.15) is 13.3 Å². The van der Waals surface area contributed by atoms with Gasteiger partial charge in [0, 0.05) is 6.42 Å². The van der Waals surface area contributed by atoms with E-state index in [1.54, 1.807) is 0 Å². The van der Waals surface area contributed by atoms with Crippen molar-refractivity contribution in [2.75, 3.05) is 0 Å². The van der Waals surface area contributed by atoms with Crippen LogP contribution in [0.25, 0.3) is 0 Å². The second-order valence-corrected chi connectivity index (χ2v) is 2.31. The summed E-state index contributed by atoms with van der Waals surface area (Å²) in [7, 11) is 0. The van der Waals surface area contributed by atoms with Crippen molar-refractivity contribution in [2.45, 2.75) is 25.1 Å². The second kappa shape index (κ2) is 3.71. The van der Waals surface area contributed by atoms with E-state index in [-0.39, 0.29) is 0 Å². The Bertz CT molecular complexity index is 186. The number of hydrogen-bond donors (Lipinski definition) is 1. The molecule has 0 aliphatic rings. The molecule has 0 aliphatic heterocycles. The molecule has 0 saturated heterocycles. The monoisotopic (exact) mass is 182 g/mol. The number of allylic oxidation sites excluding steroid dienone is 1. The highest BCUT2D eigenvalue weighted by Gasteiger charge is 2.52. The van der Waals surface area contributed by atoms with Crippen molar-refractivity contribution in [1.82, 2.24) is 0 Å². The lowest BCUT2D eigenvalue weighted by Crippen LogP contribution is -2.46. The smallest absolute Gasteiger partial charge is 0.374 e. The first-order chi connectivity index (χ1) is 5.37. The van der Waals surface area contributed by atoms with E-state index in [0.29, 0.717) is 0 Å². The molecule has 0 amide bonds. The zero-order chi connectivity index (χ0) is 9.83. The highest BCUT2D eigenvalue weighted by Crippen LogP contribution is 2.31. The van der Waals surface area contributed by atoms with Gasteiger partial charge in [-0.15, -0.1) is 0 Å². The van der Waals surface area contributed by atoms with E-state index < -0.39 is 24.5 Å². The van der Waals surface area contributed by atoms with Crippen LogP contribution in [-0.4, -0.2) is 23.2 Å². The number of carbonyl (C=O) groups excluding carboxylic acids is 1. The molecule has 0 bridgehead atoms. The third-order valence-corrected chi connectivity index (χ3v) is 1.35. The standard InChI is InChI=1S/C7H9F3O2/c1-2-3-4-6(12,5-11)7(8,9)10/h2-3,5,12H,4H2,1H3. The highest BCUT2D eigenvalue weighted by molar-refractivity contribution is 5.64. The minimum Gasteiger partial charge on any atom is -0.374 e. The molecule has 0 aromatic rings. The summed E-state index contributed by atoms with van der Waals surface area (Å²) in [5.41, 5.74) is -3.24. The molecule has 1 unspecified atom stereocenters. The van der Waals surface area contributed by atoms with Gasteiger partial charge in [0.25, 0.3) is 0 Å². The number of hydrogen-bond acceptors (Lipinski definition) is 2. The van der Waals surface area contributed by atoms with Crippen molar-refractivity contribution in [3.8, 4) is 0 Å². The summed E-state index contributed by atoms with van der Waals surface area (Å²) in [6.45, 7) is 1.50. The molecule has 0 aromatic heterocycles. The topological polar surface area (TPSA) is 37.3 Å². The first-order valence-corrected chi connectivity index (χ1v) is 3.24. The van der Waals surface area contributed by atoms with Gasteiger partial charge in [-0.3, -0.25) is 4.79 Å². The Hall–Kier alpha value is -0.840. The number of aldehydes is 1. The van der Waals surface area contributed by atoms with E-state index in [1.165, 1.54) is 13.0 Å². The summed E-state index contributed by atoms with van der Waals surface area (Å²) < 4.78 is 35.7. The Kier molecular flexibility index (Phi) is 3.45. The highest BCUT2D eigenvalue weighted by atomic mass is 19.4. The maximum Gasteiger partial charge on any atom is 0.424 e. The molecule has 0 saturated carbocycles. The Morgan fingerprint density at radius 1 is 1.42 bits per heavy atom. The SMILES string of the molecule is CC=CCC(O)(C=O)C(F)(F)F. The van der Waals surface area contributed by atoms with Crippen LogP contribution in [0.4, 0.5) is 13.2 Å². The van der Waals surface area contributed by atoms with Gasteiger partial charge in [-0.05, 0) is 6.92 Å². The van der Waals surface area contributed by atoms with Gasteiger partial charge in [0.1, 0.15) is 0 Å². The molecule has 1 atom stereocenters. The van der Waals surface area contributed by atoms with Gasteiger partial charge in [-0.25, -0.2) is 0 Å². The van der Waals surface area contributed by atoms with Crippen LogP contribution in [0, 0.1) is 0 Å². The van der Waals surface area contributed by atoms with E-state index in [9.17, 15) is 18.0 Å². The maximum atomic E-state index is 11.9. The van der Waals surface area contributed by atoms with E-state index in [2.05, 4.69) is 0 Å². The summed E-state index contributed by atoms with van der Waals surface area (Å²) >= 11 is 0. The lowest BCUT2D eigenvalue weighted by Gasteiger charge is -2.22. The Balaban J connectivity index is 4.56. The summed E-state index contributed by atoms with van der Waals surface area (Å²) in [4.78, 5) is 9.98. The number of halogens is 3. The minimum atomic E-state index is -4.91. The summed E-state index contributed by atoms with van der Waals surface area (Å²) in [5.74, 6) is 0. The third kappa shape index (κ3) is 2.34. The first-order valence-electron chi connectivity index (χ1n) is 3.24. The summed E-state index contributed by atoms with van der Waals surface area (Å²) in [6, 6.07) is 0. The molecule has 12 heavy (non-hydrogen) atoms. The van der Waals surface area contributed by atoms with Gasteiger partial charge in [0.05, 0.1) is 0 Å². The Labute approximate surface area is 67.7 Å². The quantitative estimate of drug-likeness (QED) is 0.529. The lowest BCUT2D eigenvalue weighted by atomic mass is 10.0. The van der Waals surface area contributed by atoms with Crippen molar-refractivity contribution < 1.29 is 23.1 Å². The molecule has 0 heterocycles. The molecule has 0 aliphatic carbocycles. The lowest BCUT2D eigenvalue weighted by molar-refractivity contribution is -0.243. The van der Waals surface area contributed by atoms with Gasteiger partial charge in [0.15, 0.2) is 6.29 Å². The van der Waals surface area contributed by atoms with E-state index in [0.717, 1.165) is 6.08 Å². The fourth-order valence-electron chi connectivity index (χ4n) is 0.528. The van der Waals surface area contributed by atoms with E-state index in [4.69, 9.17) is 5.11 Å². The van der Waals surface area contributed by atoms with Gasteiger partial charge in [-0.2, -0.15) is 13.2 Å². The maximum absolute atomic E-state index is 11.9. The van der Waals surface area contributed by atoms with Crippen molar-refractivity contribution in [3.05, 3.63) is 12.2 Å². The largest absolute Gasteiger partial charge is 0.424 e. The molecule has 0 fully saturated rings. The van der Waals surface area contributed by atoms with Crippen LogP contribution in [-0.2, 0) is 4.79 Å². The number of rotatable bonds is 3. The predicted octanol–water partition coefficient (Wildman–Crippen LogP) is 1.44. The van der Waals surface area contributed by atoms with Crippen molar-refractivity contribution >= 4 is 6.29 Å². The van der Waals surface area contributed by atoms with E-state index in [1.807, 2.05) is 0 Å². The number of aliphatic hydroxyl groups is 1. The first kappa shape index (κ1) is 11.2. The van der Waals surface area contributed by atoms with Crippen LogP contribution < -0.4 is 0 Å². The van der Waals surface area contributed by atoms with Crippen LogP contribution >= 0.6 is 0 Å². The fourth-order valence-corrected chi connectivity index (χ4v) is 0.528. The number of carbonyl (C=O) groups is 1. The van der Waals surface area contributed by atoms with Crippen LogP contribution in [0.5, 0.6) is 0 Å². The summed E-state index contributed by atoms with van der Waals surface area (Å²) in [5, 5.41) is 8.74. The molecule has 0 spiro atoms. The Morgan fingerprint density at radius 3 is 2.17 bits per heavy atom. The van der Waals surface area contributed by atoms with E-state index >= 15 is 0 Å². The molecule has 0 aromatic carbocycles. The average molecular weight is 182 g/mol. The molecule has 0 radical (unpaired) electrons. The summed E-state index contributed by atoms with van der Waals surface area (Å²) in [6.07, 6.45) is -3.72. The molecule has 2 nitrogen and oxygen atoms in total. The van der Waals surface area contributed by atoms with Gasteiger partial charge in [0.2, 0.25) is 5.60 Å². The van der Waals surface area contributed by atoms with Crippen LogP contribution in [0.2, 0.25) is 0 Å². The Morgan fingerprint density at radius 2 is 1.92 bits per heavy atom. The van der Waals surface area contributed by atoms with Crippen LogP contribution in [0.3, 0.4) is 0 Å².